The molecule has 2 heterocycles. The van der Waals surface area contributed by atoms with E-state index in [1.54, 1.807) is 29.8 Å². The first-order valence-corrected chi connectivity index (χ1v) is 8.82. The molecule has 2 rings (SSSR count). The van der Waals surface area contributed by atoms with Crippen molar-refractivity contribution in [3.05, 3.63) is 27.4 Å². The third kappa shape index (κ3) is 4.88. The molecule has 0 aromatic carbocycles. The van der Waals surface area contributed by atoms with E-state index in [1.165, 1.54) is 9.75 Å². The maximum atomic E-state index is 11.7. The fourth-order valence-corrected chi connectivity index (χ4v) is 3.65. The van der Waals surface area contributed by atoms with Crippen LogP contribution >= 0.6 is 22.7 Å². The molecule has 0 saturated carbocycles. The fourth-order valence-electron chi connectivity index (χ4n) is 1.99. The zero-order valence-electron chi connectivity index (χ0n) is 12.8. The van der Waals surface area contributed by atoms with E-state index < -0.39 is 0 Å². The van der Waals surface area contributed by atoms with Crippen LogP contribution in [-0.4, -0.2) is 37.2 Å². The zero-order valence-corrected chi connectivity index (χ0v) is 14.4. The number of aromatic nitrogens is 1. The summed E-state index contributed by atoms with van der Waals surface area (Å²) in [6, 6.07) is 4.18. The lowest BCUT2D eigenvalue weighted by Gasteiger charge is -2.12. The Kier molecular flexibility index (Phi) is 6.50. The lowest BCUT2D eigenvalue weighted by Crippen LogP contribution is -2.33. The lowest BCUT2D eigenvalue weighted by atomic mass is 10.2. The Morgan fingerprint density at radius 1 is 1.50 bits per heavy atom. The van der Waals surface area contributed by atoms with Gasteiger partial charge in [0.25, 0.3) is 0 Å². The number of nitrogens with zero attached hydrogens (tertiary/aromatic N) is 1. The van der Waals surface area contributed by atoms with Crippen molar-refractivity contribution in [2.75, 3.05) is 20.2 Å². The molecule has 2 aromatic heterocycles. The first-order valence-electron chi connectivity index (χ1n) is 7.13. The van der Waals surface area contributed by atoms with Crippen LogP contribution in [0.25, 0.3) is 10.6 Å². The number of hydrogen-bond acceptors (Lipinski definition) is 6. The second kappa shape index (κ2) is 8.38. The van der Waals surface area contributed by atoms with Gasteiger partial charge >= 0.3 is 0 Å². The largest absolute Gasteiger partial charge is 0.380 e. The van der Waals surface area contributed by atoms with E-state index in [4.69, 9.17) is 10.5 Å². The molecule has 22 heavy (non-hydrogen) atoms. The standard InChI is InChI=1S/C15H21N3O2S2/c1-10-18-13(9-21-10)14-4-3-12(22-14)5-6-17-15(19)7-11(8-16)20-2/h3-4,9,11H,5-8,16H2,1-2H3,(H,17,19). The van der Waals surface area contributed by atoms with E-state index in [1.807, 2.05) is 6.92 Å². The van der Waals surface area contributed by atoms with Crippen LogP contribution in [-0.2, 0) is 16.0 Å². The molecule has 0 radical (unpaired) electrons. The maximum Gasteiger partial charge on any atom is 0.222 e. The number of ether oxygens (including phenoxy) is 1. The Morgan fingerprint density at radius 3 is 2.95 bits per heavy atom. The van der Waals surface area contributed by atoms with Gasteiger partial charge in [-0.1, -0.05) is 0 Å². The van der Waals surface area contributed by atoms with E-state index in [9.17, 15) is 4.79 Å². The summed E-state index contributed by atoms with van der Waals surface area (Å²) < 4.78 is 5.10. The molecule has 1 atom stereocenters. The molecule has 5 nitrogen and oxygen atoms in total. The number of hydrogen-bond donors (Lipinski definition) is 2. The molecule has 3 N–H and O–H groups in total. The molecule has 7 heteroatoms. The number of methoxy groups -OCH3 is 1. The Hall–Kier alpha value is -1.28. The van der Waals surface area contributed by atoms with Gasteiger partial charge in [0.1, 0.15) is 0 Å². The summed E-state index contributed by atoms with van der Waals surface area (Å²) in [5.41, 5.74) is 6.54. The molecular weight excluding hydrogens is 318 g/mol. The third-order valence-corrected chi connectivity index (χ3v) is 5.18. The fraction of sp³-hybridized carbons (Fsp3) is 0.467. The van der Waals surface area contributed by atoms with Crippen LogP contribution in [0.2, 0.25) is 0 Å². The molecule has 0 aliphatic heterocycles. The summed E-state index contributed by atoms with van der Waals surface area (Å²) in [6.45, 7) is 2.98. The number of thiophene rings is 1. The van der Waals surface area contributed by atoms with Crippen molar-refractivity contribution >= 4 is 28.6 Å². The first-order chi connectivity index (χ1) is 10.6. The quantitative estimate of drug-likeness (QED) is 0.773. The van der Waals surface area contributed by atoms with Crippen LogP contribution in [0.4, 0.5) is 0 Å². The van der Waals surface area contributed by atoms with Crippen LogP contribution in [0.5, 0.6) is 0 Å². The highest BCUT2D eigenvalue weighted by Crippen LogP contribution is 2.29. The van der Waals surface area contributed by atoms with Gasteiger partial charge in [0.05, 0.1) is 28.1 Å². The predicted octanol–water partition coefficient (Wildman–Crippen LogP) is 2.20. The topological polar surface area (TPSA) is 77.2 Å². The zero-order chi connectivity index (χ0) is 15.9. The normalized spacial score (nSPS) is 12.3. The Labute approximate surface area is 138 Å². The summed E-state index contributed by atoms with van der Waals surface area (Å²) in [6.07, 6.45) is 0.918. The van der Waals surface area contributed by atoms with Crippen LogP contribution in [0.3, 0.4) is 0 Å². The van der Waals surface area contributed by atoms with Gasteiger partial charge in [0, 0.05) is 30.5 Å². The van der Waals surface area contributed by atoms with Gasteiger partial charge < -0.3 is 15.8 Å². The molecule has 1 amide bonds. The second-order valence-electron chi connectivity index (χ2n) is 4.92. The molecule has 2 aromatic rings. The van der Waals surface area contributed by atoms with E-state index in [2.05, 4.69) is 27.8 Å². The van der Waals surface area contributed by atoms with Crippen molar-refractivity contribution in [3.8, 4) is 10.6 Å². The van der Waals surface area contributed by atoms with E-state index >= 15 is 0 Å². The summed E-state index contributed by atoms with van der Waals surface area (Å²) in [7, 11) is 1.57. The molecule has 0 aliphatic rings. The van der Waals surface area contributed by atoms with Gasteiger partial charge in [-0.05, 0) is 25.5 Å². The minimum absolute atomic E-state index is 0.0239. The van der Waals surface area contributed by atoms with E-state index in [0.29, 0.717) is 19.5 Å². The summed E-state index contributed by atoms with van der Waals surface area (Å²) >= 11 is 3.38. The number of aryl methyl sites for hydroxylation is 1. The van der Waals surface area contributed by atoms with Gasteiger partial charge in [-0.3, -0.25) is 4.79 Å². The highest BCUT2D eigenvalue weighted by Gasteiger charge is 2.11. The molecular formula is C15H21N3O2S2. The van der Waals surface area contributed by atoms with Crippen molar-refractivity contribution in [2.45, 2.75) is 25.9 Å². The number of thiazole rings is 1. The number of carbonyl (C=O) groups is 1. The van der Waals surface area contributed by atoms with Crippen LogP contribution in [0.15, 0.2) is 17.5 Å². The van der Waals surface area contributed by atoms with Crippen molar-refractivity contribution in [1.29, 1.82) is 0 Å². The molecule has 0 saturated heterocycles. The summed E-state index contributed by atoms with van der Waals surface area (Å²) in [4.78, 5) is 18.6. The summed E-state index contributed by atoms with van der Waals surface area (Å²) in [5.74, 6) is -0.0239. The monoisotopic (exact) mass is 339 g/mol. The number of nitrogens with two attached hydrogens (primary N) is 1. The van der Waals surface area contributed by atoms with Gasteiger partial charge in [0.15, 0.2) is 0 Å². The predicted molar refractivity (Wildman–Crippen MR) is 91.3 cm³/mol. The Balaban J connectivity index is 1.78. The first kappa shape index (κ1) is 17.1. The average Bonchev–Trinajstić information content (AvgIpc) is 3.13. The molecule has 0 fully saturated rings. The number of carbonyl (C=O) groups excluding carboxylic acids is 1. The lowest BCUT2D eigenvalue weighted by molar-refractivity contribution is -0.123. The smallest absolute Gasteiger partial charge is 0.222 e. The van der Waals surface area contributed by atoms with Crippen LogP contribution in [0, 0.1) is 6.92 Å². The third-order valence-electron chi connectivity index (χ3n) is 3.24. The van der Waals surface area contributed by atoms with Crippen molar-refractivity contribution in [2.24, 2.45) is 5.73 Å². The van der Waals surface area contributed by atoms with Crippen molar-refractivity contribution < 1.29 is 9.53 Å². The molecule has 0 aliphatic carbocycles. The second-order valence-corrected chi connectivity index (χ2v) is 7.15. The maximum absolute atomic E-state index is 11.7. The average molecular weight is 339 g/mol. The molecule has 0 spiro atoms. The SMILES string of the molecule is COC(CN)CC(=O)NCCc1ccc(-c2csc(C)n2)s1. The van der Waals surface area contributed by atoms with Gasteiger partial charge in [-0.25, -0.2) is 4.98 Å². The van der Waals surface area contributed by atoms with Gasteiger partial charge in [0.2, 0.25) is 5.91 Å². The number of amides is 1. The molecule has 0 bridgehead atoms. The van der Waals surface area contributed by atoms with Crippen molar-refractivity contribution in [3.63, 3.8) is 0 Å². The molecule has 120 valence electrons. The van der Waals surface area contributed by atoms with Crippen LogP contribution < -0.4 is 11.1 Å². The minimum atomic E-state index is -0.207. The highest BCUT2D eigenvalue weighted by molar-refractivity contribution is 7.16. The van der Waals surface area contributed by atoms with E-state index in [0.717, 1.165) is 17.1 Å². The highest BCUT2D eigenvalue weighted by atomic mass is 32.1. The number of rotatable bonds is 8. The summed E-state index contributed by atoms with van der Waals surface area (Å²) in [5, 5.41) is 6.05. The Morgan fingerprint density at radius 2 is 2.32 bits per heavy atom. The van der Waals surface area contributed by atoms with Crippen LogP contribution in [0.1, 0.15) is 16.3 Å². The van der Waals surface area contributed by atoms with Crippen molar-refractivity contribution in [1.82, 2.24) is 10.3 Å². The van der Waals surface area contributed by atoms with Gasteiger partial charge in [-0.15, -0.1) is 22.7 Å². The van der Waals surface area contributed by atoms with E-state index in [-0.39, 0.29) is 12.0 Å². The Bertz CT molecular complexity index is 605. The number of nitrogens with one attached hydrogen (secondary N) is 1. The molecule has 1 unspecified atom stereocenters. The van der Waals surface area contributed by atoms with Gasteiger partial charge in [-0.2, -0.15) is 0 Å². The minimum Gasteiger partial charge on any atom is -0.380 e.